The van der Waals surface area contributed by atoms with E-state index in [9.17, 15) is 38.1 Å². The lowest BCUT2D eigenvalue weighted by molar-refractivity contribution is -0.870. The number of phosphoric acid groups is 2. The molecule has 4 atom stereocenters. The Morgan fingerprint density at radius 1 is 0.270 bits per heavy atom. The molecule has 0 aromatic rings. The molecule has 18 nitrogen and oxygen atoms in total. The Bertz CT molecular complexity index is 1800. The number of likely N-dealkylation sites (N-methyl/N-ethyl adjacent to an activating group) is 2. The summed E-state index contributed by atoms with van der Waals surface area (Å²) < 4.78 is 67.6. The molecule has 0 rings (SSSR count). The standard InChI is InChI=1S/2C40H80NO8P/c2*1-6-8-10-12-14-16-18-20-22-24-26-28-30-32-39(42)46-36-38(37-48-50(44,45)47-35-34-41(3,4)5)49-40(43)33-31-29-27-25-23-21-19-17-15-13-11-9-7-2/h2*38H,6-37H2,1-5H3/t2*38-/m11/s1. The van der Waals surface area contributed by atoms with Gasteiger partial charge in [0.2, 0.25) is 0 Å². The molecule has 0 heterocycles. The second-order valence-corrected chi connectivity index (χ2v) is 33.6. The van der Waals surface area contributed by atoms with Crippen molar-refractivity contribution in [1.82, 2.24) is 0 Å². The van der Waals surface area contributed by atoms with Crippen molar-refractivity contribution in [1.29, 1.82) is 0 Å². The molecule has 0 radical (unpaired) electrons. The molecule has 0 fully saturated rings. The lowest BCUT2D eigenvalue weighted by atomic mass is 10.0. The van der Waals surface area contributed by atoms with Crippen LogP contribution >= 0.6 is 15.6 Å². The van der Waals surface area contributed by atoms with E-state index in [4.69, 9.17) is 37.0 Å². The van der Waals surface area contributed by atoms with E-state index in [1.165, 1.54) is 257 Å². The molecular weight excluding hydrogens is 1310 g/mol. The molecule has 0 aliphatic rings. The Kier molecular flexibility index (Phi) is 71.3. The van der Waals surface area contributed by atoms with Gasteiger partial charge >= 0.3 is 23.9 Å². The summed E-state index contributed by atoms with van der Waals surface area (Å²) in [4.78, 5) is 74.8. The number of quaternary nitrogens is 2. The zero-order valence-corrected chi connectivity index (χ0v) is 68.5. The predicted molar refractivity (Wildman–Crippen MR) is 408 cm³/mol. The van der Waals surface area contributed by atoms with Gasteiger partial charge in [0.05, 0.1) is 55.5 Å². The first kappa shape index (κ1) is 100. The van der Waals surface area contributed by atoms with Crippen molar-refractivity contribution in [3.63, 3.8) is 0 Å². The highest BCUT2D eigenvalue weighted by atomic mass is 31.2. The summed E-state index contributed by atoms with van der Waals surface area (Å²) in [5.41, 5.74) is 0. The first-order chi connectivity index (χ1) is 48.0. The SMILES string of the molecule is CCCCCCCCCCCCCCCC(=O)OC[C@H](COP(=O)([O-])OCC[N+](C)(C)C)OC(=O)CCCCCCCCCCCCCCC.CCCCCCCCCCCCCCCC(=O)OC[C@H](COP(=O)([O-])OCC[N+](C)(C)C)OC(=O)CCCCCCCCCCCCCCC. The Balaban J connectivity index is 0. The number of carbonyl (C=O) groups is 4. The van der Waals surface area contributed by atoms with E-state index in [2.05, 4.69) is 27.7 Å². The fourth-order valence-corrected chi connectivity index (χ4v) is 13.1. The molecule has 0 saturated carbocycles. The maximum atomic E-state index is 12.6. The van der Waals surface area contributed by atoms with Crippen LogP contribution in [0, 0.1) is 0 Å². The minimum absolute atomic E-state index is 0.0259. The van der Waals surface area contributed by atoms with E-state index < -0.39 is 53.0 Å². The Morgan fingerprint density at radius 3 is 0.640 bits per heavy atom. The number of ether oxygens (including phenoxy) is 4. The lowest BCUT2D eigenvalue weighted by Crippen LogP contribution is -2.37. The molecule has 0 spiro atoms. The minimum atomic E-state index is -4.61. The Morgan fingerprint density at radius 2 is 0.450 bits per heavy atom. The van der Waals surface area contributed by atoms with Gasteiger partial charge in [0.1, 0.15) is 39.5 Å². The summed E-state index contributed by atoms with van der Waals surface area (Å²) in [5, 5.41) is 0. The zero-order chi connectivity index (χ0) is 74.4. The Labute approximate surface area is 615 Å². The number of hydrogen-bond donors (Lipinski definition) is 0. The molecule has 596 valence electrons. The summed E-state index contributed by atoms with van der Waals surface area (Å²) in [5.74, 6) is -1.65. The maximum absolute atomic E-state index is 12.6. The molecule has 0 amide bonds. The largest absolute Gasteiger partial charge is 0.756 e. The zero-order valence-electron chi connectivity index (χ0n) is 66.7. The molecule has 0 aromatic carbocycles. The van der Waals surface area contributed by atoms with E-state index in [-0.39, 0.29) is 64.0 Å². The molecule has 0 aliphatic heterocycles. The van der Waals surface area contributed by atoms with Gasteiger partial charge in [-0.05, 0) is 25.7 Å². The van der Waals surface area contributed by atoms with Crippen molar-refractivity contribution in [2.24, 2.45) is 0 Å². The van der Waals surface area contributed by atoms with Gasteiger partial charge in [-0.25, -0.2) is 0 Å². The van der Waals surface area contributed by atoms with Crippen LogP contribution in [0.4, 0.5) is 0 Å². The number of hydrogen-bond acceptors (Lipinski definition) is 16. The summed E-state index contributed by atoms with van der Waals surface area (Å²) in [7, 11) is 2.36. The first-order valence-corrected chi connectivity index (χ1v) is 44.4. The van der Waals surface area contributed by atoms with Gasteiger partial charge in [-0.3, -0.25) is 28.3 Å². The summed E-state index contributed by atoms with van der Waals surface area (Å²) >= 11 is 0. The quantitative estimate of drug-likeness (QED) is 0.0181. The molecule has 0 aliphatic carbocycles. The fourth-order valence-electron chi connectivity index (χ4n) is 11.7. The number of rotatable bonds is 76. The third-order valence-electron chi connectivity index (χ3n) is 18.3. The first-order valence-electron chi connectivity index (χ1n) is 41.5. The average Bonchev–Trinajstić information content (AvgIpc) is 1.05. The van der Waals surface area contributed by atoms with E-state index in [1.54, 1.807) is 0 Å². The molecule has 0 aromatic heterocycles. The number of esters is 4. The van der Waals surface area contributed by atoms with Crippen LogP contribution in [0.3, 0.4) is 0 Å². The number of phosphoric ester groups is 2. The minimum Gasteiger partial charge on any atom is -0.756 e. The van der Waals surface area contributed by atoms with E-state index in [1.807, 2.05) is 42.3 Å². The summed E-state index contributed by atoms with van der Waals surface area (Å²) in [6.45, 7) is 8.48. The van der Waals surface area contributed by atoms with E-state index >= 15 is 0 Å². The highest BCUT2D eigenvalue weighted by Crippen LogP contribution is 2.39. The van der Waals surface area contributed by atoms with Crippen molar-refractivity contribution in [3.8, 4) is 0 Å². The van der Waals surface area contributed by atoms with Gasteiger partial charge in [-0.1, -0.05) is 336 Å². The fraction of sp³-hybridized carbons (Fsp3) is 0.950. The second kappa shape index (κ2) is 71.3. The molecule has 0 N–H and O–H groups in total. The van der Waals surface area contributed by atoms with Gasteiger partial charge in [-0.2, -0.15) is 0 Å². The van der Waals surface area contributed by atoms with Crippen molar-refractivity contribution in [2.75, 3.05) is 95.0 Å². The van der Waals surface area contributed by atoms with E-state index in [0.29, 0.717) is 34.9 Å². The number of carbonyl (C=O) groups excluding carboxylic acids is 4. The van der Waals surface area contributed by atoms with Crippen LogP contribution in [0.2, 0.25) is 0 Å². The molecule has 20 heteroatoms. The second-order valence-electron chi connectivity index (χ2n) is 30.7. The maximum Gasteiger partial charge on any atom is 0.306 e. The van der Waals surface area contributed by atoms with Crippen molar-refractivity contribution in [2.45, 2.75) is 399 Å². The van der Waals surface area contributed by atoms with Crippen LogP contribution in [-0.4, -0.2) is 140 Å². The normalized spacial score (nSPS) is 13.6. The van der Waals surface area contributed by atoms with Crippen LogP contribution in [0.25, 0.3) is 0 Å². The van der Waals surface area contributed by atoms with Crippen LogP contribution in [0.5, 0.6) is 0 Å². The molecule has 2 unspecified atom stereocenters. The summed E-state index contributed by atoms with van der Waals surface area (Å²) in [6.07, 6.45) is 62.4. The van der Waals surface area contributed by atoms with Crippen LogP contribution in [-0.2, 0) is 65.4 Å². The lowest BCUT2D eigenvalue weighted by Gasteiger charge is -2.28. The monoisotopic (exact) mass is 1470 g/mol. The van der Waals surface area contributed by atoms with Gasteiger partial charge in [0.15, 0.2) is 12.2 Å². The molecule has 100 heavy (non-hydrogen) atoms. The average molecular weight is 1470 g/mol. The highest BCUT2D eigenvalue weighted by molar-refractivity contribution is 7.46. The van der Waals surface area contributed by atoms with E-state index in [0.717, 1.165) is 64.2 Å². The smallest absolute Gasteiger partial charge is 0.306 e. The van der Waals surface area contributed by atoms with Gasteiger partial charge < -0.3 is 55.8 Å². The van der Waals surface area contributed by atoms with Crippen molar-refractivity contribution < 1.29 is 84.1 Å². The number of unbranched alkanes of at least 4 members (excludes halogenated alkanes) is 48. The Hall–Kier alpha value is -1.98. The third-order valence-corrected chi connectivity index (χ3v) is 20.2. The van der Waals surface area contributed by atoms with Crippen LogP contribution in [0.1, 0.15) is 387 Å². The van der Waals surface area contributed by atoms with Crippen molar-refractivity contribution >= 4 is 39.5 Å². The molecule has 0 saturated heterocycles. The van der Waals surface area contributed by atoms with Gasteiger partial charge in [0.25, 0.3) is 15.6 Å². The predicted octanol–water partition coefficient (Wildman–Crippen LogP) is 21.2. The summed E-state index contributed by atoms with van der Waals surface area (Å²) in [6, 6.07) is 0. The number of nitrogens with zero attached hydrogens (tertiary/aromatic N) is 2. The molecule has 0 bridgehead atoms. The topological polar surface area (TPSA) is 222 Å². The van der Waals surface area contributed by atoms with Crippen molar-refractivity contribution in [3.05, 3.63) is 0 Å². The highest BCUT2D eigenvalue weighted by Gasteiger charge is 2.24. The van der Waals surface area contributed by atoms with Crippen LogP contribution in [0.15, 0.2) is 0 Å². The third kappa shape index (κ3) is 80.1. The molecular formula is C80H160N2O16P2. The van der Waals surface area contributed by atoms with Crippen LogP contribution < -0.4 is 9.79 Å². The van der Waals surface area contributed by atoms with Gasteiger partial charge in [0, 0.05) is 25.7 Å². The van der Waals surface area contributed by atoms with Gasteiger partial charge in [-0.15, -0.1) is 0 Å².